The third kappa shape index (κ3) is 2.29. The van der Waals surface area contributed by atoms with Gasteiger partial charge >= 0.3 is 0 Å². The Morgan fingerprint density at radius 3 is 3.11 bits per heavy atom. The van der Waals surface area contributed by atoms with Crippen LogP contribution >= 0.6 is 0 Å². The Balaban J connectivity index is 2.10. The second-order valence-corrected chi connectivity index (χ2v) is 4.38. The first-order valence-electron chi connectivity index (χ1n) is 5.80. The smallest absolute Gasteiger partial charge is 0.291 e. The lowest BCUT2D eigenvalue weighted by atomic mass is 9.97. The summed E-state index contributed by atoms with van der Waals surface area (Å²) in [5, 5.41) is 11.7. The van der Waals surface area contributed by atoms with Gasteiger partial charge in [0.25, 0.3) is 5.91 Å². The molecule has 0 spiro atoms. The molecule has 98 valence electrons. The zero-order valence-corrected chi connectivity index (χ0v) is 10.2. The maximum atomic E-state index is 12.2. The van der Waals surface area contributed by atoms with Crippen molar-refractivity contribution >= 4 is 11.7 Å². The van der Waals surface area contributed by atoms with Crippen LogP contribution in [0.3, 0.4) is 0 Å². The summed E-state index contributed by atoms with van der Waals surface area (Å²) in [5.41, 5.74) is 6.16. The summed E-state index contributed by atoms with van der Waals surface area (Å²) in [5.74, 6) is 0.133. The Morgan fingerprint density at radius 1 is 1.72 bits per heavy atom. The molecule has 0 bridgehead atoms. The van der Waals surface area contributed by atoms with Crippen LogP contribution < -0.4 is 5.73 Å². The lowest BCUT2D eigenvalue weighted by molar-refractivity contribution is 0.0668. The summed E-state index contributed by atoms with van der Waals surface area (Å²) < 4.78 is 5.09. The molecule has 1 fully saturated rings. The highest BCUT2D eigenvalue weighted by molar-refractivity contribution is 5.93. The number of hydrogen-bond acceptors (Lipinski definition) is 5. The van der Waals surface area contributed by atoms with Gasteiger partial charge in [-0.1, -0.05) is 5.16 Å². The van der Waals surface area contributed by atoms with Crippen molar-refractivity contribution in [1.29, 1.82) is 0 Å². The van der Waals surface area contributed by atoms with E-state index in [1.165, 1.54) is 6.39 Å². The van der Waals surface area contributed by atoms with Gasteiger partial charge in [-0.2, -0.15) is 0 Å². The fraction of sp³-hybridized carbons (Fsp3) is 0.545. The number of hydrogen-bond donors (Lipinski definition) is 2. The van der Waals surface area contributed by atoms with E-state index in [4.69, 9.17) is 15.4 Å². The lowest BCUT2D eigenvalue weighted by Gasteiger charge is -2.31. The van der Waals surface area contributed by atoms with Gasteiger partial charge in [0.2, 0.25) is 5.76 Å². The van der Waals surface area contributed by atoms with Crippen molar-refractivity contribution in [2.75, 3.05) is 13.1 Å². The SMILES string of the molecule is Cc1ncoc1C(=O)N1CCCC(C(N)=NO)C1. The molecular weight excluding hydrogens is 236 g/mol. The number of aryl methyl sites for hydroxylation is 1. The minimum Gasteiger partial charge on any atom is -0.438 e. The largest absolute Gasteiger partial charge is 0.438 e. The van der Waals surface area contributed by atoms with Gasteiger partial charge in [-0.05, 0) is 19.8 Å². The van der Waals surface area contributed by atoms with Gasteiger partial charge in [-0.25, -0.2) is 4.98 Å². The van der Waals surface area contributed by atoms with Crippen LogP contribution in [0.1, 0.15) is 29.1 Å². The number of aromatic nitrogens is 1. The van der Waals surface area contributed by atoms with Crippen molar-refractivity contribution < 1.29 is 14.4 Å². The minimum absolute atomic E-state index is 0.101. The van der Waals surface area contributed by atoms with E-state index in [-0.39, 0.29) is 23.4 Å². The number of oxime groups is 1. The number of likely N-dealkylation sites (tertiary alicyclic amines) is 1. The molecule has 0 aliphatic carbocycles. The molecule has 1 atom stereocenters. The van der Waals surface area contributed by atoms with Crippen molar-refractivity contribution in [3.63, 3.8) is 0 Å². The monoisotopic (exact) mass is 252 g/mol. The predicted octanol–water partition coefficient (Wildman–Crippen LogP) is 0.582. The Bertz CT molecular complexity index is 469. The fourth-order valence-electron chi connectivity index (χ4n) is 2.14. The molecule has 1 aliphatic rings. The van der Waals surface area contributed by atoms with E-state index in [2.05, 4.69) is 10.1 Å². The number of carbonyl (C=O) groups is 1. The maximum Gasteiger partial charge on any atom is 0.291 e. The van der Waals surface area contributed by atoms with Gasteiger partial charge in [0.05, 0.1) is 5.69 Å². The maximum absolute atomic E-state index is 12.2. The molecule has 1 amide bonds. The minimum atomic E-state index is -0.194. The van der Waals surface area contributed by atoms with Crippen LogP contribution in [-0.4, -0.2) is 39.9 Å². The number of rotatable bonds is 2. The number of piperidine rings is 1. The Morgan fingerprint density at radius 2 is 2.50 bits per heavy atom. The van der Waals surface area contributed by atoms with E-state index in [1.807, 2.05) is 0 Å². The Labute approximate surface area is 104 Å². The van der Waals surface area contributed by atoms with Gasteiger partial charge in [0.1, 0.15) is 5.84 Å². The highest BCUT2D eigenvalue weighted by atomic mass is 16.4. The van der Waals surface area contributed by atoms with Crippen molar-refractivity contribution in [3.8, 4) is 0 Å². The van der Waals surface area contributed by atoms with Gasteiger partial charge in [-0.3, -0.25) is 4.79 Å². The standard InChI is InChI=1S/C11H16N4O3/c1-7-9(18-6-13-7)11(16)15-4-2-3-8(5-15)10(12)14-17/h6,8,17H,2-5H2,1H3,(H2,12,14). The molecule has 0 saturated carbocycles. The summed E-state index contributed by atoms with van der Waals surface area (Å²) in [6.07, 6.45) is 2.89. The lowest BCUT2D eigenvalue weighted by Crippen LogP contribution is -2.44. The molecule has 2 heterocycles. The third-order valence-electron chi connectivity index (χ3n) is 3.18. The number of carbonyl (C=O) groups excluding carboxylic acids is 1. The van der Waals surface area contributed by atoms with Crippen LogP contribution in [-0.2, 0) is 0 Å². The molecule has 3 N–H and O–H groups in total. The predicted molar refractivity (Wildman–Crippen MR) is 63.3 cm³/mol. The van der Waals surface area contributed by atoms with Gasteiger partial charge in [0, 0.05) is 19.0 Å². The summed E-state index contributed by atoms with van der Waals surface area (Å²) in [4.78, 5) is 17.7. The second-order valence-electron chi connectivity index (χ2n) is 4.38. The Hall–Kier alpha value is -2.05. The molecule has 2 rings (SSSR count). The second kappa shape index (κ2) is 5.07. The number of nitrogens with zero attached hydrogens (tertiary/aromatic N) is 3. The molecule has 1 aliphatic heterocycles. The summed E-state index contributed by atoms with van der Waals surface area (Å²) in [6, 6.07) is 0. The average Bonchev–Trinajstić information content (AvgIpc) is 2.83. The van der Waals surface area contributed by atoms with Crippen LogP contribution in [0, 0.1) is 12.8 Å². The van der Waals surface area contributed by atoms with Crippen molar-refractivity contribution in [2.24, 2.45) is 16.8 Å². The Kier molecular flexibility index (Phi) is 3.50. The van der Waals surface area contributed by atoms with E-state index in [0.717, 1.165) is 12.8 Å². The van der Waals surface area contributed by atoms with Crippen molar-refractivity contribution in [2.45, 2.75) is 19.8 Å². The first kappa shape index (κ1) is 12.4. The number of amides is 1. The number of oxazole rings is 1. The molecule has 18 heavy (non-hydrogen) atoms. The zero-order chi connectivity index (χ0) is 13.1. The van der Waals surface area contributed by atoms with Crippen molar-refractivity contribution in [3.05, 3.63) is 17.8 Å². The molecule has 0 radical (unpaired) electrons. The van der Waals surface area contributed by atoms with E-state index >= 15 is 0 Å². The van der Waals surface area contributed by atoms with Gasteiger partial charge < -0.3 is 20.3 Å². The number of amidine groups is 1. The topological polar surface area (TPSA) is 105 Å². The van der Waals surface area contributed by atoms with Crippen LogP contribution in [0.5, 0.6) is 0 Å². The van der Waals surface area contributed by atoms with E-state index in [0.29, 0.717) is 18.8 Å². The van der Waals surface area contributed by atoms with Crippen LogP contribution in [0.15, 0.2) is 16.0 Å². The molecule has 1 saturated heterocycles. The first-order valence-corrected chi connectivity index (χ1v) is 5.80. The third-order valence-corrected chi connectivity index (χ3v) is 3.18. The summed E-state index contributed by atoms with van der Waals surface area (Å²) in [7, 11) is 0. The zero-order valence-electron chi connectivity index (χ0n) is 10.2. The highest BCUT2D eigenvalue weighted by Gasteiger charge is 2.29. The molecule has 7 heteroatoms. The molecule has 1 aromatic heterocycles. The molecule has 0 aromatic carbocycles. The quantitative estimate of drug-likeness (QED) is 0.347. The van der Waals surface area contributed by atoms with E-state index in [9.17, 15) is 4.79 Å². The van der Waals surface area contributed by atoms with Crippen LogP contribution in [0.4, 0.5) is 0 Å². The molecule has 7 nitrogen and oxygen atoms in total. The summed E-state index contributed by atoms with van der Waals surface area (Å²) in [6.45, 7) is 2.81. The van der Waals surface area contributed by atoms with E-state index in [1.54, 1.807) is 11.8 Å². The van der Waals surface area contributed by atoms with Crippen molar-refractivity contribution in [1.82, 2.24) is 9.88 Å². The summed E-state index contributed by atoms with van der Waals surface area (Å²) >= 11 is 0. The van der Waals surface area contributed by atoms with Crippen LogP contribution in [0.25, 0.3) is 0 Å². The average molecular weight is 252 g/mol. The number of nitrogens with two attached hydrogens (primary N) is 1. The normalized spacial score (nSPS) is 21.1. The van der Waals surface area contributed by atoms with E-state index < -0.39 is 0 Å². The van der Waals surface area contributed by atoms with Gasteiger partial charge in [-0.15, -0.1) is 0 Å². The van der Waals surface area contributed by atoms with Gasteiger partial charge in [0.15, 0.2) is 6.39 Å². The molecule has 1 aromatic rings. The fourth-order valence-corrected chi connectivity index (χ4v) is 2.14. The molecule has 1 unspecified atom stereocenters. The first-order chi connectivity index (χ1) is 8.63. The highest BCUT2D eigenvalue weighted by Crippen LogP contribution is 2.19. The molecular formula is C11H16N4O3. The van der Waals surface area contributed by atoms with Crippen LogP contribution in [0.2, 0.25) is 0 Å².